The van der Waals surface area contributed by atoms with Gasteiger partial charge in [-0.1, -0.05) is 23.9 Å². The smallest absolute Gasteiger partial charge is 0.277 e. The fraction of sp³-hybridized carbons (Fsp3) is 0.143. The summed E-state index contributed by atoms with van der Waals surface area (Å²) in [6.07, 6.45) is 0. The Balaban J connectivity index is 1.31. The molecule has 0 aliphatic rings. The van der Waals surface area contributed by atoms with Crippen LogP contribution in [0.1, 0.15) is 5.01 Å². The van der Waals surface area contributed by atoms with E-state index in [1.54, 1.807) is 18.4 Å². The van der Waals surface area contributed by atoms with Crippen molar-refractivity contribution >= 4 is 34.7 Å². The zero-order valence-electron chi connectivity index (χ0n) is 16.3. The van der Waals surface area contributed by atoms with Gasteiger partial charge in [0.05, 0.1) is 23.6 Å². The Bertz CT molecular complexity index is 1140. The number of methoxy groups -OCH3 is 1. The molecule has 0 spiro atoms. The van der Waals surface area contributed by atoms with E-state index in [-0.39, 0.29) is 11.7 Å². The van der Waals surface area contributed by atoms with Crippen LogP contribution in [-0.4, -0.2) is 34.0 Å². The highest BCUT2D eigenvalue weighted by Gasteiger charge is 2.12. The lowest BCUT2D eigenvalue weighted by Crippen LogP contribution is -2.13. The van der Waals surface area contributed by atoms with Gasteiger partial charge in [0, 0.05) is 22.2 Å². The van der Waals surface area contributed by atoms with Gasteiger partial charge in [-0.2, -0.15) is 0 Å². The molecule has 0 unspecified atom stereocenters. The fourth-order valence-corrected chi connectivity index (χ4v) is 3.85. The third kappa shape index (κ3) is 4.87. The van der Waals surface area contributed by atoms with Crippen molar-refractivity contribution in [3.63, 3.8) is 0 Å². The molecular formula is C21H18N4O3S2. The Morgan fingerprint density at radius 3 is 2.50 bits per heavy atom. The molecule has 2 heterocycles. The number of carbonyl (C=O) groups is 1. The summed E-state index contributed by atoms with van der Waals surface area (Å²) in [5.41, 5.74) is 3.47. The molecule has 9 heteroatoms. The molecule has 0 aliphatic heterocycles. The number of aromatic nitrogens is 3. The van der Waals surface area contributed by atoms with Gasteiger partial charge in [-0.3, -0.25) is 4.79 Å². The molecule has 0 saturated carbocycles. The van der Waals surface area contributed by atoms with Crippen molar-refractivity contribution in [2.24, 2.45) is 0 Å². The van der Waals surface area contributed by atoms with Crippen LogP contribution >= 0.6 is 23.1 Å². The Morgan fingerprint density at radius 2 is 1.83 bits per heavy atom. The quantitative estimate of drug-likeness (QED) is 0.410. The second-order valence-electron chi connectivity index (χ2n) is 6.27. The van der Waals surface area contributed by atoms with Gasteiger partial charge in [0.1, 0.15) is 5.75 Å². The first-order valence-electron chi connectivity index (χ1n) is 9.04. The molecule has 1 N–H and O–H groups in total. The average molecular weight is 439 g/mol. The second kappa shape index (κ2) is 9.10. The molecule has 4 aromatic rings. The van der Waals surface area contributed by atoms with Crippen LogP contribution in [0.3, 0.4) is 0 Å². The number of ether oxygens (including phenoxy) is 1. The number of thioether (sulfide) groups is 1. The first-order valence-corrected chi connectivity index (χ1v) is 10.9. The van der Waals surface area contributed by atoms with Crippen LogP contribution in [-0.2, 0) is 4.79 Å². The minimum Gasteiger partial charge on any atom is -0.497 e. The van der Waals surface area contributed by atoms with E-state index in [2.05, 4.69) is 20.5 Å². The number of aryl methyl sites for hydroxylation is 1. The summed E-state index contributed by atoms with van der Waals surface area (Å²) in [6.45, 7) is 1.98. The van der Waals surface area contributed by atoms with E-state index >= 15 is 0 Å². The first-order chi connectivity index (χ1) is 14.6. The van der Waals surface area contributed by atoms with Crippen LogP contribution in [0.5, 0.6) is 5.75 Å². The summed E-state index contributed by atoms with van der Waals surface area (Å²) in [7, 11) is 1.61. The number of amides is 1. The summed E-state index contributed by atoms with van der Waals surface area (Å²) in [4.78, 5) is 16.7. The van der Waals surface area contributed by atoms with E-state index in [0.29, 0.717) is 11.1 Å². The number of anilines is 1. The predicted octanol–water partition coefficient (Wildman–Crippen LogP) is 4.91. The van der Waals surface area contributed by atoms with Gasteiger partial charge in [-0.25, -0.2) is 4.98 Å². The van der Waals surface area contributed by atoms with Gasteiger partial charge in [0.2, 0.25) is 11.8 Å². The summed E-state index contributed by atoms with van der Waals surface area (Å²) < 4.78 is 10.8. The molecule has 0 saturated heterocycles. The van der Waals surface area contributed by atoms with Gasteiger partial charge in [-0.05, 0) is 43.3 Å². The zero-order valence-corrected chi connectivity index (χ0v) is 17.9. The van der Waals surface area contributed by atoms with Crippen molar-refractivity contribution in [2.75, 3.05) is 18.2 Å². The number of carbonyl (C=O) groups excluding carboxylic acids is 1. The molecule has 0 aliphatic carbocycles. The number of nitrogens with zero attached hydrogens (tertiary/aromatic N) is 3. The maximum absolute atomic E-state index is 12.2. The van der Waals surface area contributed by atoms with Gasteiger partial charge >= 0.3 is 0 Å². The van der Waals surface area contributed by atoms with E-state index in [4.69, 9.17) is 9.15 Å². The van der Waals surface area contributed by atoms with Crippen LogP contribution in [0.4, 0.5) is 5.69 Å². The maximum atomic E-state index is 12.2. The molecular weight excluding hydrogens is 420 g/mol. The lowest BCUT2D eigenvalue weighted by atomic mass is 10.1. The lowest BCUT2D eigenvalue weighted by Gasteiger charge is -2.05. The van der Waals surface area contributed by atoms with Crippen LogP contribution in [0.25, 0.3) is 22.7 Å². The van der Waals surface area contributed by atoms with Crippen molar-refractivity contribution in [3.05, 3.63) is 58.9 Å². The van der Waals surface area contributed by atoms with E-state index in [1.165, 1.54) is 11.8 Å². The number of hydrogen-bond acceptors (Lipinski definition) is 8. The minimum atomic E-state index is -0.151. The van der Waals surface area contributed by atoms with Gasteiger partial charge < -0.3 is 14.5 Å². The number of hydrogen-bond donors (Lipinski definition) is 1. The number of thiazole rings is 1. The largest absolute Gasteiger partial charge is 0.497 e. The molecule has 4 rings (SSSR count). The summed E-state index contributed by atoms with van der Waals surface area (Å²) in [6, 6.07) is 14.9. The van der Waals surface area contributed by atoms with E-state index in [9.17, 15) is 4.79 Å². The normalized spacial score (nSPS) is 10.7. The van der Waals surface area contributed by atoms with Crippen LogP contribution < -0.4 is 10.1 Å². The minimum absolute atomic E-state index is 0.151. The molecule has 0 fully saturated rings. The molecule has 2 aromatic carbocycles. The molecule has 7 nitrogen and oxygen atoms in total. The van der Waals surface area contributed by atoms with Crippen LogP contribution in [0.2, 0.25) is 0 Å². The third-order valence-corrected chi connectivity index (χ3v) is 5.75. The van der Waals surface area contributed by atoms with Gasteiger partial charge in [0.25, 0.3) is 5.22 Å². The Morgan fingerprint density at radius 1 is 1.10 bits per heavy atom. The highest BCUT2D eigenvalue weighted by molar-refractivity contribution is 7.99. The van der Waals surface area contributed by atoms with Gasteiger partial charge in [0.15, 0.2) is 0 Å². The molecule has 1 amide bonds. The fourth-order valence-electron chi connectivity index (χ4n) is 2.66. The number of benzene rings is 2. The lowest BCUT2D eigenvalue weighted by molar-refractivity contribution is -0.113. The SMILES string of the molecule is COc1ccc(-c2nnc(SCC(=O)Nc3ccc(-c4csc(C)n4)cc3)o2)cc1. The van der Waals surface area contributed by atoms with Crippen molar-refractivity contribution in [1.29, 1.82) is 0 Å². The first kappa shape index (κ1) is 20.1. The van der Waals surface area contributed by atoms with Crippen molar-refractivity contribution in [2.45, 2.75) is 12.1 Å². The molecule has 30 heavy (non-hydrogen) atoms. The topological polar surface area (TPSA) is 90.1 Å². The molecule has 2 aromatic heterocycles. The Kier molecular flexibility index (Phi) is 6.10. The zero-order chi connectivity index (χ0) is 20.9. The van der Waals surface area contributed by atoms with E-state index in [0.717, 1.165) is 33.3 Å². The number of rotatable bonds is 7. The van der Waals surface area contributed by atoms with E-state index in [1.807, 2.05) is 60.8 Å². The summed E-state index contributed by atoms with van der Waals surface area (Å²) in [5.74, 6) is 1.16. The third-order valence-electron chi connectivity index (χ3n) is 4.15. The Labute approximate surface area is 181 Å². The standard InChI is InChI=1S/C21H18N4O3S2/c1-13-22-18(11-29-13)14-3-7-16(8-4-14)23-19(26)12-30-21-25-24-20(28-21)15-5-9-17(27-2)10-6-15/h3-11H,12H2,1-2H3,(H,23,26). The molecule has 152 valence electrons. The van der Waals surface area contributed by atoms with Gasteiger partial charge in [-0.15, -0.1) is 21.5 Å². The predicted molar refractivity (Wildman–Crippen MR) is 118 cm³/mol. The second-order valence-corrected chi connectivity index (χ2v) is 8.26. The highest BCUT2D eigenvalue weighted by Crippen LogP contribution is 2.26. The van der Waals surface area contributed by atoms with Crippen molar-refractivity contribution in [3.8, 4) is 28.5 Å². The monoisotopic (exact) mass is 438 g/mol. The molecule has 0 bridgehead atoms. The average Bonchev–Trinajstić information content (AvgIpc) is 3.42. The summed E-state index contributed by atoms with van der Waals surface area (Å²) in [5, 5.41) is 14.3. The van der Waals surface area contributed by atoms with E-state index < -0.39 is 0 Å². The maximum Gasteiger partial charge on any atom is 0.277 e. The van der Waals surface area contributed by atoms with Crippen LogP contribution in [0.15, 0.2) is 63.6 Å². The molecule has 0 atom stereocenters. The van der Waals surface area contributed by atoms with Crippen LogP contribution in [0, 0.1) is 6.92 Å². The number of nitrogens with one attached hydrogen (secondary N) is 1. The van der Waals surface area contributed by atoms with Crippen molar-refractivity contribution in [1.82, 2.24) is 15.2 Å². The van der Waals surface area contributed by atoms with Crippen molar-refractivity contribution < 1.29 is 13.9 Å². The molecule has 0 radical (unpaired) electrons. The highest BCUT2D eigenvalue weighted by atomic mass is 32.2. The summed E-state index contributed by atoms with van der Waals surface area (Å²) >= 11 is 2.80. The Hall–Kier alpha value is -3.17.